The van der Waals surface area contributed by atoms with Crippen molar-refractivity contribution in [3.63, 3.8) is 0 Å². The van der Waals surface area contributed by atoms with Crippen LogP contribution in [0.5, 0.6) is 0 Å². The molecule has 1 aliphatic heterocycles. The second-order valence-electron chi connectivity index (χ2n) is 6.72. The number of Topliss-reactive ketones (excluding diaryl/α,β-unsaturated/α-hetero) is 2. The number of unbranched alkanes of at least 4 members (excludes halogenated alkanes) is 2. The second kappa shape index (κ2) is 9.41. The molecule has 7 heteroatoms. The number of esters is 1. The molecule has 0 aromatic rings. The molecule has 0 saturated heterocycles. The Bertz CT molecular complexity index is 725. The van der Waals surface area contributed by atoms with Gasteiger partial charge in [0.05, 0.1) is 11.7 Å². The Morgan fingerprint density at radius 2 is 2.00 bits per heavy atom. The molecule has 1 N–H and O–H groups in total. The molecule has 146 valence electrons. The molecule has 0 amide bonds. The van der Waals surface area contributed by atoms with Gasteiger partial charge in [-0.15, -0.1) is 0 Å². The summed E-state index contributed by atoms with van der Waals surface area (Å²) in [5.41, 5.74) is 0.478. The Kier molecular flexibility index (Phi) is 7.24. The zero-order valence-corrected chi connectivity index (χ0v) is 15.5. The summed E-state index contributed by atoms with van der Waals surface area (Å²) in [4.78, 5) is 48.4. The van der Waals surface area contributed by atoms with Crippen LogP contribution in [-0.4, -0.2) is 40.6 Å². The zero-order chi connectivity index (χ0) is 20.0. The van der Waals surface area contributed by atoms with E-state index >= 15 is 0 Å². The monoisotopic (exact) mass is 376 g/mol. The first kappa shape index (κ1) is 20.8. The molecule has 0 saturated carbocycles. The summed E-state index contributed by atoms with van der Waals surface area (Å²) in [5.74, 6) is -2.08. The van der Waals surface area contributed by atoms with E-state index in [9.17, 15) is 24.3 Å². The Hall–Kier alpha value is -2.54. The van der Waals surface area contributed by atoms with Crippen LogP contribution in [0.1, 0.15) is 52.4 Å². The molecule has 0 aromatic heterocycles. The largest absolute Gasteiger partial charge is 0.468 e. The van der Waals surface area contributed by atoms with E-state index < -0.39 is 36.2 Å². The average molecular weight is 376 g/mol. The number of carbonyl (C=O) groups is 4. The summed E-state index contributed by atoms with van der Waals surface area (Å²) in [6.07, 6.45) is 4.29. The molecular weight excluding hydrogens is 352 g/mol. The highest BCUT2D eigenvalue weighted by molar-refractivity contribution is 6.23. The van der Waals surface area contributed by atoms with Gasteiger partial charge in [0.2, 0.25) is 17.7 Å². The van der Waals surface area contributed by atoms with Gasteiger partial charge in [-0.2, -0.15) is 0 Å². The van der Waals surface area contributed by atoms with E-state index in [-0.39, 0.29) is 24.2 Å². The van der Waals surface area contributed by atoms with Crippen molar-refractivity contribution in [1.82, 2.24) is 0 Å². The normalized spacial score (nSPS) is 20.0. The fraction of sp³-hybridized carbons (Fsp3) is 0.500. The molecular formula is C20H24O7. The summed E-state index contributed by atoms with van der Waals surface area (Å²) in [5, 5.41) is 9.41. The van der Waals surface area contributed by atoms with E-state index in [1.807, 2.05) is 6.92 Å². The number of ether oxygens (including phenoxy) is 2. The van der Waals surface area contributed by atoms with Crippen molar-refractivity contribution in [2.75, 3.05) is 0 Å². The third kappa shape index (κ3) is 5.72. The van der Waals surface area contributed by atoms with E-state index in [0.29, 0.717) is 17.8 Å². The van der Waals surface area contributed by atoms with Crippen LogP contribution in [0.4, 0.5) is 0 Å². The third-order valence-electron chi connectivity index (χ3n) is 4.16. The molecule has 0 radical (unpaired) electrons. The number of rotatable bonds is 9. The third-order valence-corrected chi connectivity index (χ3v) is 4.16. The number of hydrogen-bond donors (Lipinski definition) is 1. The first-order valence-electron chi connectivity index (χ1n) is 9.08. The maximum absolute atomic E-state index is 12.5. The van der Waals surface area contributed by atoms with Crippen LogP contribution in [0.3, 0.4) is 0 Å². The maximum atomic E-state index is 12.5. The summed E-state index contributed by atoms with van der Waals surface area (Å²) >= 11 is 0. The van der Waals surface area contributed by atoms with E-state index in [1.165, 1.54) is 18.4 Å². The number of allylic oxidation sites excluding steroid dienone is 2. The highest BCUT2D eigenvalue weighted by atomic mass is 16.6. The molecule has 27 heavy (non-hydrogen) atoms. The van der Waals surface area contributed by atoms with Gasteiger partial charge < -0.3 is 14.6 Å². The first-order valence-corrected chi connectivity index (χ1v) is 9.08. The highest BCUT2D eigenvalue weighted by Gasteiger charge is 2.38. The fourth-order valence-corrected chi connectivity index (χ4v) is 2.81. The SMILES string of the molecule is CCCCCC(=O)CC(=O)O[C@@H]1C(=O)C=C2C=C(CC(C)O)OC=C2C1=O. The summed E-state index contributed by atoms with van der Waals surface area (Å²) < 4.78 is 10.3. The lowest BCUT2D eigenvalue weighted by Crippen LogP contribution is -2.39. The van der Waals surface area contributed by atoms with Gasteiger partial charge in [0.1, 0.15) is 24.2 Å². The number of aliphatic hydroxyl groups is 1. The van der Waals surface area contributed by atoms with Gasteiger partial charge in [-0.3, -0.25) is 19.2 Å². The predicted octanol–water partition coefficient (Wildman–Crippen LogP) is 2.08. The number of aliphatic hydroxyl groups excluding tert-OH is 1. The standard InChI is InChI=1S/C20H24O7/c1-3-4-5-6-14(22)10-18(24)27-20-17(23)9-13-8-15(7-12(2)21)26-11-16(13)19(20)25/h8-9,11-12,20-21H,3-7,10H2,1-2H3/t12?,20-/m1/s1. The van der Waals surface area contributed by atoms with Gasteiger partial charge in [-0.05, 0) is 31.1 Å². The molecule has 2 rings (SSSR count). The Morgan fingerprint density at radius 3 is 2.67 bits per heavy atom. The fourth-order valence-electron chi connectivity index (χ4n) is 2.81. The molecule has 0 spiro atoms. The van der Waals surface area contributed by atoms with E-state index in [0.717, 1.165) is 12.8 Å². The van der Waals surface area contributed by atoms with Gasteiger partial charge in [0.15, 0.2) is 0 Å². The minimum absolute atomic E-state index is 0.121. The molecule has 1 unspecified atom stereocenters. The molecule has 1 heterocycles. The van der Waals surface area contributed by atoms with Crippen molar-refractivity contribution in [3.05, 3.63) is 35.3 Å². The molecule has 2 aliphatic rings. The minimum Gasteiger partial charge on any atom is -0.468 e. The molecule has 0 bridgehead atoms. The van der Waals surface area contributed by atoms with Gasteiger partial charge >= 0.3 is 5.97 Å². The van der Waals surface area contributed by atoms with Gasteiger partial charge in [-0.1, -0.05) is 19.8 Å². The summed E-state index contributed by atoms with van der Waals surface area (Å²) in [6, 6.07) is 0. The highest BCUT2D eigenvalue weighted by Crippen LogP contribution is 2.29. The van der Waals surface area contributed by atoms with Crippen molar-refractivity contribution >= 4 is 23.3 Å². The number of hydrogen-bond acceptors (Lipinski definition) is 7. The van der Waals surface area contributed by atoms with Crippen molar-refractivity contribution in [2.24, 2.45) is 0 Å². The smallest absolute Gasteiger partial charge is 0.314 e. The molecule has 1 aliphatic carbocycles. The van der Waals surface area contributed by atoms with Crippen LogP contribution in [0.2, 0.25) is 0 Å². The van der Waals surface area contributed by atoms with Crippen molar-refractivity contribution in [2.45, 2.75) is 64.6 Å². The lowest BCUT2D eigenvalue weighted by molar-refractivity contribution is -0.159. The van der Waals surface area contributed by atoms with Gasteiger partial charge in [0, 0.05) is 12.8 Å². The van der Waals surface area contributed by atoms with Crippen LogP contribution in [0.15, 0.2) is 35.3 Å². The molecule has 0 fully saturated rings. The lowest BCUT2D eigenvalue weighted by Gasteiger charge is -2.24. The van der Waals surface area contributed by atoms with Crippen LogP contribution in [0, 0.1) is 0 Å². The van der Waals surface area contributed by atoms with Crippen LogP contribution >= 0.6 is 0 Å². The summed E-state index contributed by atoms with van der Waals surface area (Å²) in [6.45, 7) is 3.60. The average Bonchev–Trinajstić information content (AvgIpc) is 2.58. The Labute approximate surface area is 157 Å². The number of carbonyl (C=O) groups excluding carboxylic acids is 4. The van der Waals surface area contributed by atoms with Crippen LogP contribution < -0.4 is 0 Å². The topological polar surface area (TPSA) is 107 Å². The van der Waals surface area contributed by atoms with Crippen LogP contribution in [-0.2, 0) is 28.7 Å². The van der Waals surface area contributed by atoms with Crippen LogP contribution in [0.25, 0.3) is 0 Å². The predicted molar refractivity (Wildman–Crippen MR) is 95.3 cm³/mol. The van der Waals surface area contributed by atoms with E-state index in [4.69, 9.17) is 9.47 Å². The Balaban J connectivity index is 2.00. The Morgan fingerprint density at radius 1 is 1.26 bits per heavy atom. The summed E-state index contributed by atoms with van der Waals surface area (Å²) in [7, 11) is 0. The van der Waals surface area contributed by atoms with Crippen molar-refractivity contribution < 1.29 is 33.8 Å². The molecule has 0 aromatic carbocycles. The quantitative estimate of drug-likeness (QED) is 0.373. The van der Waals surface area contributed by atoms with Gasteiger partial charge in [-0.25, -0.2) is 0 Å². The van der Waals surface area contributed by atoms with E-state index in [2.05, 4.69) is 0 Å². The van der Waals surface area contributed by atoms with E-state index in [1.54, 1.807) is 6.92 Å². The minimum atomic E-state index is -1.59. The van der Waals surface area contributed by atoms with Gasteiger partial charge in [0.25, 0.3) is 0 Å². The maximum Gasteiger partial charge on any atom is 0.314 e. The number of fused-ring (bicyclic) bond motifs is 1. The second-order valence-corrected chi connectivity index (χ2v) is 6.72. The molecule has 2 atom stereocenters. The van der Waals surface area contributed by atoms with Crippen molar-refractivity contribution in [1.29, 1.82) is 0 Å². The number of ketones is 3. The lowest BCUT2D eigenvalue weighted by atomic mass is 9.88. The first-order chi connectivity index (χ1) is 12.8. The van der Waals surface area contributed by atoms with Crippen molar-refractivity contribution in [3.8, 4) is 0 Å². The zero-order valence-electron chi connectivity index (χ0n) is 15.5. The molecule has 7 nitrogen and oxygen atoms in total.